The van der Waals surface area contributed by atoms with Crippen molar-refractivity contribution in [1.82, 2.24) is 15.1 Å². The summed E-state index contributed by atoms with van der Waals surface area (Å²) in [5, 5.41) is 9.64. The van der Waals surface area contributed by atoms with Crippen molar-refractivity contribution in [2.24, 2.45) is 7.05 Å². The number of nitrogens with one attached hydrogen (secondary N) is 1. The van der Waals surface area contributed by atoms with Gasteiger partial charge in [-0.15, -0.1) is 0 Å². The molecule has 1 saturated heterocycles. The first-order valence-electron chi connectivity index (χ1n) is 7.61. The fraction of sp³-hybridized carbons (Fsp3) is 0.800. The molecule has 1 aliphatic heterocycles. The zero-order chi connectivity index (χ0) is 14.5. The molecular weight excluding hydrogens is 286 g/mol. The molecule has 1 aromatic heterocycles. The molecule has 3 unspecified atom stereocenters. The zero-order valence-corrected chi connectivity index (χ0v) is 14.7. The van der Waals surface area contributed by atoms with Crippen LogP contribution in [0.25, 0.3) is 0 Å². The van der Waals surface area contributed by atoms with Gasteiger partial charge in [0.15, 0.2) is 0 Å². The van der Waals surface area contributed by atoms with Gasteiger partial charge in [-0.2, -0.15) is 28.6 Å². The third kappa shape index (κ3) is 3.74. The van der Waals surface area contributed by atoms with E-state index in [1.807, 2.05) is 0 Å². The third-order valence-corrected chi connectivity index (χ3v) is 7.49. The molecule has 114 valence electrons. The van der Waals surface area contributed by atoms with Crippen LogP contribution in [0, 0.1) is 0 Å². The van der Waals surface area contributed by atoms with Crippen LogP contribution in [0.2, 0.25) is 0 Å². The molecule has 5 heteroatoms. The average Bonchev–Trinajstić information content (AvgIpc) is 2.85. The molecule has 0 saturated carbocycles. The van der Waals surface area contributed by atoms with Crippen LogP contribution in [0.4, 0.5) is 0 Å². The lowest BCUT2D eigenvalue weighted by atomic mass is 10.0. The Morgan fingerprint density at radius 1 is 1.40 bits per heavy atom. The van der Waals surface area contributed by atoms with Gasteiger partial charge in [-0.05, 0) is 26.0 Å². The highest BCUT2D eigenvalue weighted by Gasteiger charge is 2.31. The SMILES string of the molecule is CCc1cc(CC(NC)C2SCCSC2CC)n(C)n1. The molecule has 3 atom stereocenters. The first-order valence-corrected chi connectivity index (χ1v) is 9.71. The minimum atomic E-state index is 0.540. The van der Waals surface area contributed by atoms with Crippen molar-refractivity contribution in [3.05, 3.63) is 17.5 Å². The lowest BCUT2D eigenvalue weighted by molar-refractivity contribution is 0.501. The van der Waals surface area contributed by atoms with Gasteiger partial charge in [-0.3, -0.25) is 4.68 Å². The molecule has 0 bridgehead atoms. The van der Waals surface area contributed by atoms with Crippen molar-refractivity contribution in [2.45, 2.75) is 49.7 Å². The van der Waals surface area contributed by atoms with E-state index < -0.39 is 0 Å². The van der Waals surface area contributed by atoms with Crippen molar-refractivity contribution < 1.29 is 0 Å². The highest BCUT2D eigenvalue weighted by Crippen LogP contribution is 2.35. The van der Waals surface area contributed by atoms with Gasteiger partial charge in [0.05, 0.1) is 5.69 Å². The summed E-state index contributed by atoms with van der Waals surface area (Å²) in [6.45, 7) is 4.49. The molecule has 1 fully saturated rings. The number of aromatic nitrogens is 2. The van der Waals surface area contributed by atoms with Gasteiger partial charge in [-0.25, -0.2) is 0 Å². The number of likely N-dealkylation sites (N-methyl/N-ethyl adjacent to an activating group) is 1. The average molecular weight is 314 g/mol. The summed E-state index contributed by atoms with van der Waals surface area (Å²) in [5.41, 5.74) is 2.56. The second-order valence-electron chi connectivity index (χ2n) is 5.36. The first kappa shape index (κ1) is 16.2. The molecule has 0 amide bonds. The van der Waals surface area contributed by atoms with Crippen LogP contribution in [-0.2, 0) is 19.9 Å². The molecule has 2 rings (SSSR count). The van der Waals surface area contributed by atoms with E-state index >= 15 is 0 Å². The van der Waals surface area contributed by atoms with Crippen LogP contribution in [0.15, 0.2) is 6.07 Å². The quantitative estimate of drug-likeness (QED) is 0.874. The largest absolute Gasteiger partial charge is 0.315 e. The topological polar surface area (TPSA) is 29.9 Å². The minimum absolute atomic E-state index is 0.540. The molecule has 1 aliphatic rings. The van der Waals surface area contributed by atoms with Gasteiger partial charge in [0.2, 0.25) is 0 Å². The molecular formula is C15H27N3S2. The van der Waals surface area contributed by atoms with E-state index in [1.165, 1.54) is 29.3 Å². The number of aryl methyl sites for hydroxylation is 2. The van der Waals surface area contributed by atoms with Crippen molar-refractivity contribution >= 4 is 23.5 Å². The van der Waals surface area contributed by atoms with E-state index in [1.54, 1.807) is 0 Å². The first-order chi connectivity index (χ1) is 9.69. The molecule has 0 aromatic carbocycles. The van der Waals surface area contributed by atoms with Gasteiger partial charge in [0.1, 0.15) is 0 Å². The maximum absolute atomic E-state index is 4.58. The van der Waals surface area contributed by atoms with E-state index in [2.05, 4.69) is 72.6 Å². The monoisotopic (exact) mass is 313 g/mol. The Morgan fingerprint density at radius 3 is 2.75 bits per heavy atom. The summed E-state index contributed by atoms with van der Waals surface area (Å²) >= 11 is 4.31. The summed E-state index contributed by atoms with van der Waals surface area (Å²) < 4.78 is 2.06. The maximum atomic E-state index is 4.58. The Hall–Kier alpha value is -0.130. The normalized spacial score (nSPS) is 24.8. The van der Waals surface area contributed by atoms with Crippen LogP contribution in [0.3, 0.4) is 0 Å². The van der Waals surface area contributed by atoms with E-state index in [-0.39, 0.29) is 0 Å². The number of nitrogens with zero attached hydrogens (tertiary/aromatic N) is 2. The summed E-state index contributed by atoms with van der Waals surface area (Å²) in [6.07, 6.45) is 3.37. The number of hydrogen-bond acceptors (Lipinski definition) is 4. The van der Waals surface area contributed by atoms with Crippen LogP contribution < -0.4 is 5.32 Å². The lowest BCUT2D eigenvalue weighted by Gasteiger charge is -2.35. The summed E-state index contributed by atoms with van der Waals surface area (Å²) in [5.74, 6) is 2.59. The predicted octanol–water partition coefficient (Wildman–Crippen LogP) is 2.74. The molecule has 0 aliphatic carbocycles. The Balaban J connectivity index is 2.08. The van der Waals surface area contributed by atoms with Gasteiger partial charge in [0.25, 0.3) is 0 Å². The van der Waals surface area contributed by atoms with Crippen molar-refractivity contribution in [1.29, 1.82) is 0 Å². The van der Waals surface area contributed by atoms with Crippen molar-refractivity contribution in [2.75, 3.05) is 18.6 Å². The van der Waals surface area contributed by atoms with Crippen molar-refractivity contribution in [3.8, 4) is 0 Å². The van der Waals surface area contributed by atoms with Gasteiger partial charge in [-0.1, -0.05) is 13.8 Å². The molecule has 2 heterocycles. The van der Waals surface area contributed by atoms with Crippen molar-refractivity contribution in [3.63, 3.8) is 0 Å². The number of thioether (sulfide) groups is 2. The van der Waals surface area contributed by atoms with E-state index in [4.69, 9.17) is 0 Å². The van der Waals surface area contributed by atoms with Crippen LogP contribution >= 0.6 is 23.5 Å². The van der Waals surface area contributed by atoms with Crippen LogP contribution in [-0.4, -0.2) is 44.9 Å². The second-order valence-corrected chi connectivity index (χ2v) is 7.99. The molecule has 0 spiro atoms. The Morgan fingerprint density at radius 2 is 2.15 bits per heavy atom. The highest BCUT2D eigenvalue weighted by atomic mass is 32.2. The van der Waals surface area contributed by atoms with E-state index in [0.29, 0.717) is 11.3 Å². The second kappa shape index (κ2) is 7.76. The van der Waals surface area contributed by atoms with Gasteiger partial charge >= 0.3 is 0 Å². The standard InChI is InChI=1S/C15H27N3S2/c1-5-11-9-12(18(4)17-11)10-13(16-3)15-14(6-2)19-7-8-20-15/h9,13-16H,5-8,10H2,1-4H3. The molecule has 0 radical (unpaired) electrons. The molecule has 1 N–H and O–H groups in total. The fourth-order valence-corrected chi connectivity index (χ4v) is 6.16. The number of rotatable bonds is 6. The fourth-order valence-electron chi connectivity index (χ4n) is 2.85. The highest BCUT2D eigenvalue weighted by molar-refractivity contribution is 8.07. The van der Waals surface area contributed by atoms with E-state index in [0.717, 1.165) is 18.1 Å². The Kier molecular flexibility index (Phi) is 6.30. The number of hydrogen-bond donors (Lipinski definition) is 1. The minimum Gasteiger partial charge on any atom is -0.315 e. The molecule has 1 aromatic rings. The van der Waals surface area contributed by atoms with Crippen LogP contribution in [0.1, 0.15) is 31.7 Å². The Labute approximate surface area is 131 Å². The zero-order valence-electron chi connectivity index (χ0n) is 13.1. The predicted molar refractivity (Wildman–Crippen MR) is 91.9 cm³/mol. The Bertz CT molecular complexity index is 419. The summed E-state index contributed by atoms with van der Waals surface area (Å²) in [6, 6.07) is 2.81. The maximum Gasteiger partial charge on any atom is 0.0624 e. The summed E-state index contributed by atoms with van der Waals surface area (Å²) in [7, 11) is 4.18. The van der Waals surface area contributed by atoms with Gasteiger partial charge in [0, 0.05) is 47.2 Å². The van der Waals surface area contributed by atoms with E-state index in [9.17, 15) is 0 Å². The van der Waals surface area contributed by atoms with Gasteiger partial charge < -0.3 is 5.32 Å². The summed E-state index contributed by atoms with van der Waals surface area (Å²) in [4.78, 5) is 0. The lowest BCUT2D eigenvalue weighted by Crippen LogP contribution is -2.45. The van der Waals surface area contributed by atoms with Crippen LogP contribution in [0.5, 0.6) is 0 Å². The molecule has 20 heavy (non-hydrogen) atoms. The third-order valence-electron chi connectivity index (χ3n) is 4.08. The molecule has 3 nitrogen and oxygen atoms in total. The smallest absolute Gasteiger partial charge is 0.0624 e.